The van der Waals surface area contributed by atoms with Crippen molar-refractivity contribution < 1.29 is 9.18 Å². The molecule has 1 aromatic rings. The molecule has 3 atom stereocenters. The zero-order chi connectivity index (χ0) is 14.0. The van der Waals surface area contributed by atoms with Gasteiger partial charge in [0, 0.05) is 23.7 Å². The molecule has 3 unspecified atom stereocenters. The van der Waals surface area contributed by atoms with Crippen LogP contribution in [0.5, 0.6) is 0 Å². The van der Waals surface area contributed by atoms with E-state index < -0.39 is 5.91 Å². The molecule has 1 fully saturated rings. The second-order valence-corrected chi connectivity index (χ2v) is 5.57. The first-order valence-electron chi connectivity index (χ1n) is 6.80. The molecule has 0 saturated heterocycles. The van der Waals surface area contributed by atoms with Crippen molar-refractivity contribution in [1.82, 2.24) is 5.32 Å². The molecule has 1 amide bonds. The second kappa shape index (κ2) is 5.70. The number of nitrogens with one attached hydrogen (secondary N) is 1. The van der Waals surface area contributed by atoms with Gasteiger partial charge < -0.3 is 11.1 Å². The van der Waals surface area contributed by atoms with E-state index in [1.54, 1.807) is 0 Å². The van der Waals surface area contributed by atoms with Crippen molar-refractivity contribution >= 4 is 5.91 Å². The summed E-state index contributed by atoms with van der Waals surface area (Å²) in [6.45, 7) is 4.92. The fraction of sp³-hybridized carbons (Fsp3) is 0.533. The summed E-state index contributed by atoms with van der Waals surface area (Å²) in [5.41, 5.74) is 6.07. The molecule has 1 aromatic carbocycles. The minimum absolute atomic E-state index is 0.295. The van der Waals surface area contributed by atoms with Crippen molar-refractivity contribution in [3.8, 4) is 0 Å². The van der Waals surface area contributed by atoms with E-state index in [0.717, 1.165) is 6.42 Å². The molecule has 0 spiro atoms. The number of nitrogens with two attached hydrogens (primary N) is 1. The lowest BCUT2D eigenvalue weighted by Gasteiger charge is -2.20. The number of rotatable bonds is 4. The molecule has 0 heterocycles. The third kappa shape index (κ3) is 3.13. The Morgan fingerprint density at radius 2 is 2.16 bits per heavy atom. The monoisotopic (exact) mass is 264 g/mol. The molecule has 104 valence electrons. The number of hydrogen-bond acceptors (Lipinski definition) is 2. The zero-order valence-corrected chi connectivity index (χ0v) is 11.4. The van der Waals surface area contributed by atoms with Crippen LogP contribution in [0.3, 0.4) is 0 Å². The lowest BCUT2D eigenvalue weighted by Crippen LogP contribution is -2.32. The maximum absolute atomic E-state index is 13.7. The summed E-state index contributed by atoms with van der Waals surface area (Å²) < 4.78 is 13.7. The van der Waals surface area contributed by atoms with Gasteiger partial charge in [-0.25, -0.2) is 4.39 Å². The van der Waals surface area contributed by atoms with Crippen LogP contribution in [0.25, 0.3) is 0 Å². The number of hydrogen-bond donors (Lipinski definition) is 2. The van der Waals surface area contributed by atoms with Gasteiger partial charge in [0.05, 0.1) is 0 Å². The standard InChI is InChI=1S/C15H21FN2O/c1-9-3-6-14(10(9)2)18-8-12-7-11(15(17)19)4-5-13(12)16/h4-5,7,9-10,14,18H,3,6,8H2,1-2H3,(H2,17,19). The van der Waals surface area contributed by atoms with E-state index in [0.29, 0.717) is 35.5 Å². The molecular formula is C15H21FN2O. The maximum atomic E-state index is 13.7. The fourth-order valence-electron chi connectivity index (χ4n) is 2.76. The van der Waals surface area contributed by atoms with E-state index in [-0.39, 0.29) is 5.82 Å². The van der Waals surface area contributed by atoms with E-state index in [2.05, 4.69) is 19.2 Å². The van der Waals surface area contributed by atoms with Crippen molar-refractivity contribution in [2.24, 2.45) is 17.6 Å². The van der Waals surface area contributed by atoms with Crippen molar-refractivity contribution in [2.45, 2.75) is 39.3 Å². The second-order valence-electron chi connectivity index (χ2n) is 5.57. The lowest BCUT2D eigenvalue weighted by atomic mass is 9.97. The first-order valence-corrected chi connectivity index (χ1v) is 6.80. The molecule has 3 nitrogen and oxygen atoms in total. The van der Waals surface area contributed by atoms with Gasteiger partial charge in [-0.2, -0.15) is 0 Å². The zero-order valence-electron chi connectivity index (χ0n) is 11.4. The first kappa shape index (κ1) is 14.0. The summed E-state index contributed by atoms with van der Waals surface area (Å²) in [4.78, 5) is 11.1. The van der Waals surface area contributed by atoms with Gasteiger partial charge in [0.2, 0.25) is 5.91 Å². The van der Waals surface area contributed by atoms with Crippen LogP contribution in [-0.2, 0) is 6.54 Å². The Morgan fingerprint density at radius 1 is 1.42 bits per heavy atom. The molecule has 0 bridgehead atoms. The highest BCUT2D eigenvalue weighted by atomic mass is 19.1. The molecule has 0 aliphatic heterocycles. The average molecular weight is 264 g/mol. The Hall–Kier alpha value is -1.42. The summed E-state index contributed by atoms with van der Waals surface area (Å²) in [6, 6.07) is 4.68. The topological polar surface area (TPSA) is 55.1 Å². The molecule has 19 heavy (non-hydrogen) atoms. The smallest absolute Gasteiger partial charge is 0.248 e. The van der Waals surface area contributed by atoms with Gasteiger partial charge >= 0.3 is 0 Å². The molecule has 1 saturated carbocycles. The SMILES string of the molecule is CC1CCC(NCc2cc(C(N)=O)ccc2F)C1C. The highest BCUT2D eigenvalue weighted by Gasteiger charge is 2.29. The van der Waals surface area contributed by atoms with Gasteiger partial charge in [0.25, 0.3) is 0 Å². The molecule has 2 rings (SSSR count). The number of primary amides is 1. The minimum Gasteiger partial charge on any atom is -0.366 e. The number of carbonyl (C=O) groups is 1. The van der Waals surface area contributed by atoms with Crippen molar-refractivity contribution in [1.29, 1.82) is 0 Å². The van der Waals surface area contributed by atoms with Crippen molar-refractivity contribution in [2.75, 3.05) is 0 Å². The van der Waals surface area contributed by atoms with Crippen LogP contribution in [0.15, 0.2) is 18.2 Å². The molecule has 1 aliphatic carbocycles. The summed E-state index contributed by atoms with van der Waals surface area (Å²) in [5, 5.41) is 3.39. The van der Waals surface area contributed by atoms with Gasteiger partial charge in [0.1, 0.15) is 5.82 Å². The van der Waals surface area contributed by atoms with Gasteiger partial charge in [-0.05, 0) is 42.9 Å². The maximum Gasteiger partial charge on any atom is 0.248 e. The predicted molar refractivity (Wildman–Crippen MR) is 73.1 cm³/mol. The Kier molecular flexibility index (Phi) is 4.20. The average Bonchev–Trinajstić information content (AvgIpc) is 2.69. The van der Waals surface area contributed by atoms with E-state index in [1.807, 2.05) is 0 Å². The van der Waals surface area contributed by atoms with Crippen LogP contribution >= 0.6 is 0 Å². The van der Waals surface area contributed by atoms with Crippen LogP contribution in [-0.4, -0.2) is 11.9 Å². The summed E-state index contributed by atoms with van der Waals surface area (Å²) in [5.74, 6) is 0.488. The van der Waals surface area contributed by atoms with E-state index >= 15 is 0 Å². The summed E-state index contributed by atoms with van der Waals surface area (Å²) >= 11 is 0. The third-order valence-corrected chi connectivity index (χ3v) is 4.35. The number of benzene rings is 1. The van der Waals surface area contributed by atoms with Crippen LogP contribution < -0.4 is 11.1 Å². The number of carbonyl (C=O) groups excluding carboxylic acids is 1. The molecule has 0 aromatic heterocycles. The third-order valence-electron chi connectivity index (χ3n) is 4.35. The van der Waals surface area contributed by atoms with Crippen LogP contribution in [0.4, 0.5) is 4.39 Å². The quantitative estimate of drug-likeness (QED) is 0.877. The Bertz CT molecular complexity index is 475. The van der Waals surface area contributed by atoms with Gasteiger partial charge in [-0.3, -0.25) is 4.79 Å². The Morgan fingerprint density at radius 3 is 2.74 bits per heavy atom. The normalized spacial score (nSPS) is 26.6. The Balaban J connectivity index is 2.03. The fourth-order valence-corrected chi connectivity index (χ4v) is 2.76. The Labute approximate surface area is 113 Å². The van der Waals surface area contributed by atoms with Crippen LogP contribution in [0, 0.1) is 17.7 Å². The highest BCUT2D eigenvalue weighted by molar-refractivity contribution is 5.92. The summed E-state index contributed by atoms with van der Waals surface area (Å²) in [7, 11) is 0. The predicted octanol–water partition coefficient (Wildman–Crippen LogP) is 2.45. The van der Waals surface area contributed by atoms with E-state index in [4.69, 9.17) is 5.73 Å². The molecule has 0 radical (unpaired) electrons. The summed E-state index contributed by atoms with van der Waals surface area (Å²) in [6.07, 6.45) is 2.34. The molecule has 4 heteroatoms. The van der Waals surface area contributed by atoms with Crippen molar-refractivity contribution in [3.05, 3.63) is 35.1 Å². The number of halogens is 1. The highest BCUT2D eigenvalue weighted by Crippen LogP contribution is 2.31. The van der Waals surface area contributed by atoms with Gasteiger partial charge in [-0.15, -0.1) is 0 Å². The van der Waals surface area contributed by atoms with Crippen LogP contribution in [0.2, 0.25) is 0 Å². The molecule has 1 aliphatic rings. The lowest BCUT2D eigenvalue weighted by molar-refractivity contribution is 0.1000. The first-order chi connectivity index (χ1) is 8.99. The van der Waals surface area contributed by atoms with Gasteiger partial charge in [-0.1, -0.05) is 13.8 Å². The van der Waals surface area contributed by atoms with Crippen LogP contribution in [0.1, 0.15) is 42.6 Å². The largest absolute Gasteiger partial charge is 0.366 e. The van der Waals surface area contributed by atoms with E-state index in [1.165, 1.54) is 24.6 Å². The molecule has 3 N–H and O–H groups in total. The molecular weight excluding hydrogens is 243 g/mol. The van der Waals surface area contributed by atoms with E-state index in [9.17, 15) is 9.18 Å². The van der Waals surface area contributed by atoms with Gasteiger partial charge in [0.15, 0.2) is 0 Å². The number of amides is 1. The minimum atomic E-state index is -0.524. The van der Waals surface area contributed by atoms with Crippen molar-refractivity contribution in [3.63, 3.8) is 0 Å².